The van der Waals surface area contributed by atoms with E-state index >= 15 is 0 Å². The third-order valence-electron chi connectivity index (χ3n) is 4.48. The second-order valence-corrected chi connectivity index (χ2v) is 6.08. The molecule has 2 aliphatic rings. The minimum Gasteiger partial charge on any atom is -0.507 e. The molecule has 2 saturated heterocycles. The van der Waals surface area contributed by atoms with E-state index in [1.807, 2.05) is 7.05 Å². The Morgan fingerprint density at radius 2 is 2.04 bits per heavy atom. The van der Waals surface area contributed by atoms with E-state index in [2.05, 4.69) is 4.90 Å². The van der Waals surface area contributed by atoms with E-state index in [4.69, 9.17) is 9.84 Å². The predicted octanol–water partition coefficient (Wildman–Crippen LogP) is 0.774. The van der Waals surface area contributed by atoms with Crippen LogP contribution in [0.3, 0.4) is 0 Å². The number of nitrogens with zero attached hydrogens (tertiary/aromatic N) is 2. The summed E-state index contributed by atoms with van der Waals surface area (Å²) in [5.74, 6) is -1.32. The van der Waals surface area contributed by atoms with Crippen LogP contribution in [0.4, 0.5) is 0 Å². The minimum atomic E-state index is -1.24. The molecule has 3 rings (SSSR count). The molecule has 124 valence electrons. The van der Waals surface area contributed by atoms with E-state index < -0.39 is 5.97 Å². The number of phenols is 1. The highest BCUT2D eigenvalue weighted by Crippen LogP contribution is 2.30. The zero-order chi connectivity index (χ0) is 16.6. The van der Waals surface area contributed by atoms with Gasteiger partial charge in [0.1, 0.15) is 23.2 Å². The van der Waals surface area contributed by atoms with E-state index in [1.165, 1.54) is 18.2 Å². The van der Waals surface area contributed by atoms with E-state index in [9.17, 15) is 14.7 Å². The summed E-state index contributed by atoms with van der Waals surface area (Å²) >= 11 is 0. The molecule has 2 heterocycles. The summed E-state index contributed by atoms with van der Waals surface area (Å²) < 4.78 is 5.65. The molecule has 7 nitrogen and oxygen atoms in total. The zero-order valence-electron chi connectivity index (χ0n) is 12.9. The van der Waals surface area contributed by atoms with Crippen molar-refractivity contribution in [1.29, 1.82) is 0 Å². The molecule has 23 heavy (non-hydrogen) atoms. The number of amides is 1. The number of likely N-dealkylation sites (N-methyl/N-ethyl adjacent to an activating group) is 1. The van der Waals surface area contributed by atoms with Crippen molar-refractivity contribution >= 4 is 11.9 Å². The number of ether oxygens (including phenoxy) is 1. The number of benzene rings is 1. The zero-order valence-corrected chi connectivity index (χ0v) is 12.9. The molecule has 2 fully saturated rings. The lowest BCUT2D eigenvalue weighted by Gasteiger charge is -2.41. The molecule has 2 N–H and O–H groups in total. The van der Waals surface area contributed by atoms with Gasteiger partial charge in [-0.25, -0.2) is 4.79 Å². The molecule has 1 atom stereocenters. The number of likely N-dealkylation sites (tertiary alicyclic amines) is 2. The summed E-state index contributed by atoms with van der Waals surface area (Å²) in [5.41, 5.74) is -0.243. The molecular formula is C16H20N2O5. The molecule has 0 saturated carbocycles. The van der Waals surface area contributed by atoms with Gasteiger partial charge in [-0.1, -0.05) is 6.07 Å². The number of aromatic hydroxyl groups is 1. The number of carboxylic acid groups (broad SMARTS) is 1. The number of hydrogen-bond acceptors (Lipinski definition) is 5. The largest absolute Gasteiger partial charge is 0.507 e. The van der Waals surface area contributed by atoms with Crippen LogP contribution in [0.2, 0.25) is 0 Å². The summed E-state index contributed by atoms with van der Waals surface area (Å²) in [6.45, 7) is 1.82. The van der Waals surface area contributed by atoms with Crippen molar-refractivity contribution in [3.05, 3.63) is 23.8 Å². The van der Waals surface area contributed by atoms with Crippen LogP contribution in [-0.4, -0.2) is 70.7 Å². The first-order chi connectivity index (χ1) is 11.0. The van der Waals surface area contributed by atoms with E-state index in [-0.39, 0.29) is 35.1 Å². The maximum absolute atomic E-state index is 12.4. The molecule has 0 radical (unpaired) electrons. The fourth-order valence-corrected chi connectivity index (χ4v) is 3.14. The van der Waals surface area contributed by atoms with Crippen LogP contribution in [-0.2, 0) is 4.79 Å². The molecule has 1 aromatic rings. The highest BCUT2D eigenvalue weighted by atomic mass is 16.5. The van der Waals surface area contributed by atoms with Crippen LogP contribution in [0.5, 0.6) is 11.5 Å². The van der Waals surface area contributed by atoms with E-state index in [1.54, 1.807) is 4.90 Å². The van der Waals surface area contributed by atoms with Crippen LogP contribution in [0, 0.1) is 0 Å². The Hall–Kier alpha value is -2.28. The lowest BCUT2D eigenvalue weighted by atomic mass is 10.1. The van der Waals surface area contributed by atoms with Gasteiger partial charge in [0.05, 0.1) is 19.1 Å². The van der Waals surface area contributed by atoms with Crippen molar-refractivity contribution in [3.8, 4) is 11.5 Å². The molecule has 1 aromatic carbocycles. The lowest BCUT2D eigenvalue weighted by Crippen LogP contribution is -2.59. The Kier molecular flexibility index (Phi) is 4.12. The van der Waals surface area contributed by atoms with Gasteiger partial charge in [0.2, 0.25) is 5.91 Å². The molecule has 1 amide bonds. The van der Waals surface area contributed by atoms with Gasteiger partial charge in [-0.2, -0.15) is 0 Å². The normalized spacial score (nSPS) is 22.0. The van der Waals surface area contributed by atoms with Crippen molar-refractivity contribution in [2.45, 2.75) is 25.0 Å². The van der Waals surface area contributed by atoms with Crippen LogP contribution in [0.15, 0.2) is 18.2 Å². The smallest absolute Gasteiger partial charge is 0.343 e. The Labute approximate surface area is 134 Å². The highest BCUT2D eigenvalue weighted by Gasteiger charge is 2.39. The average molecular weight is 320 g/mol. The highest BCUT2D eigenvalue weighted by molar-refractivity contribution is 5.94. The monoisotopic (exact) mass is 320 g/mol. The number of rotatable bonds is 4. The summed E-state index contributed by atoms with van der Waals surface area (Å²) in [6, 6.07) is 4.30. The number of aromatic carboxylic acids is 1. The maximum Gasteiger partial charge on any atom is 0.343 e. The summed E-state index contributed by atoms with van der Waals surface area (Å²) in [5, 5.41) is 18.8. The minimum absolute atomic E-state index is 0.0497. The van der Waals surface area contributed by atoms with E-state index in [0.717, 1.165) is 19.4 Å². The van der Waals surface area contributed by atoms with Gasteiger partial charge in [-0.3, -0.25) is 9.69 Å². The Bertz CT molecular complexity index is 627. The average Bonchev–Trinajstić information content (AvgIpc) is 2.87. The number of carbonyl (C=O) groups is 2. The summed E-state index contributed by atoms with van der Waals surface area (Å²) in [4.78, 5) is 27.4. The molecule has 0 bridgehead atoms. The van der Waals surface area contributed by atoms with Crippen molar-refractivity contribution in [3.63, 3.8) is 0 Å². The lowest BCUT2D eigenvalue weighted by molar-refractivity contribution is -0.144. The van der Waals surface area contributed by atoms with Gasteiger partial charge in [-0.15, -0.1) is 0 Å². The van der Waals surface area contributed by atoms with Gasteiger partial charge in [0.25, 0.3) is 0 Å². The third-order valence-corrected chi connectivity index (χ3v) is 4.48. The first kappa shape index (κ1) is 15.6. The van der Waals surface area contributed by atoms with Gasteiger partial charge >= 0.3 is 5.97 Å². The van der Waals surface area contributed by atoms with Gasteiger partial charge in [-0.05, 0) is 38.6 Å². The fraction of sp³-hybridized carbons (Fsp3) is 0.500. The topological polar surface area (TPSA) is 90.3 Å². The third kappa shape index (κ3) is 2.96. The van der Waals surface area contributed by atoms with Crippen LogP contribution in [0.1, 0.15) is 23.2 Å². The Morgan fingerprint density at radius 3 is 2.65 bits per heavy atom. The molecular weight excluding hydrogens is 300 g/mol. The van der Waals surface area contributed by atoms with E-state index in [0.29, 0.717) is 13.1 Å². The first-order valence-corrected chi connectivity index (χ1v) is 7.68. The SMILES string of the molecule is CN1CCC[C@H]1C(=O)N1CC(Oc2cccc(O)c2C(=O)O)C1. The molecule has 7 heteroatoms. The number of hydrogen-bond donors (Lipinski definition) is 2. The quantitative estimate of drug-likeness (QED) is 0.852. The Balaban J connectivity index is 1.60. The van der Waals surface area contributed by atoms with Crippen molar-refractivity contribution in [1.82, 2.24) is 9.80 Å². The first-order valence-electron chi connectivity index (χ1n) is 7.68. The number of carboxylic acids is 1. The maximum atomic E-state index is 12.4. The second kappa shape index (κ2) is 6.08. The van der Waals surface area contributed by atoms with Gasteiger partial charge in [0, 0.05) is 0 Å². The summed E-state index contributed by atoms with van der Waals surface area (Å²) in [7, 11) is 1.95. The van der Waals surface area contributed by atoms with Crippen LogP contribution >= 0.6 is 0 Å². The molecule has 0 aliphatic carbocycles. The van der Waals surface area contributed by atoms with Crippen molar-refractivity contribution in [2.24, 2.45) is 0 Å². The van der Waals surface area contributed by atoms with Crippen LogP contribution in [0.25, 0.3) is 0 Å². The van der Waals surface area contributed by atoms with Crippen molar-refractivity contribution in [2.75, 3.05) is 26.7 Å². The summed E-state index contributed by atoms with van der Waals surface area (Å²) in [6.07, 6.45) is 1.67. The molecule has 0 aromatic heterocycles. The standard InChI is InChI=1S/C16H20N2O5/c1-17-7-3-4-11(17)15(20)18-8-10(9-18)23-13-6-2-5-12(19)14(13)16(21)22/h2,5-6,10-11,19H,3-4,7-9H2,1H3,(H,21,22)/t11-/m0/s1. The molecule has 0 spiro atoms. The van der Waals surface area contributed by atoms with Crippen molar-refractivity contribution < 1.29 is 24.5 Å². The fourth-order valence-electron chi connectivity index (χ4n) is 3.14. The van der Waals surface area contributed by atoms with Gasteiger partial charge in [0.15, 0.2) is 0 Å². The predicted molar refractivity (Wildman–Crippen MR) is 81.7 cm³/mol. The number of carbonyl (C=O) groups excluding carboxylic acids is 1. The molecule has 2 aliphatic heterocycles. The Morgan fingerprint density at radius 1 is 1.30 bits per heavy atom. The second-order valence-electron chi connectivity index (χ2n) is 6.08. The van der Waals surface area contributed by atoms with Crippen LogP contribution < -0.4 is 4.74 Å². The molecule has 0 unspecified atom stereocenters. The van der Waals surface area contributed by atoms with Gasteiger partial charge < -0.3 is 19.8 Å².